The van der Waals surface area contributed by atoms with Gasteiger partial charge in [0.2, 0.25) is 0 Å². The van der Waals surface area contributed by atoms with E-state index >= 15 is 0 Å². The maximum absolute atomic E-state index is 12.7. The molecule has 2 fully saturated rings. The Hall–Kier alpha value is -1.70. The van der Waals surface area contributed by atoms with Gasteiger partial charge in [-0.25, -0.2) is 9.50 Å². The normalized spacial score (nSPS) is 21.1. The molecule has 0 atom stereocenters. The van der Waals surface area contributed by atoms with Crippen molar-refractivity contribution >= 4 is 23.2 Å². The molecule has 2 aromatic rings. The van der Waals surface area contributed by atoms with Crippen molar-refractivity contribution in [2.24, 2.45) is 0 Å². The van der Waals surface area contributed by atoms with E-state index in [0.29, 0.717) is 22.5 Å². The topological polar surface area (TPSA) is 57.0 Å². The fourth-order valence-corrected chi connectivity index (χ4v) is 3.92. The van der Waals surface area contributed by atoms with Gasteiger partial charge in [-0.05, 0) is 45.1 Å². The lowest BCUT2D eigenvalue weighted by Crippen LogP contribution is -2.54. The highest BCUT2D eigenvalue weighted by atomic mass is 35.5. The molecule has 2 aliphatic heterocycles. The van der Waals surface area contributed by atoms with Crippen LogP contribution < -0.4 is 0 Å². The summed E-state index contributed by atoms with van der Waals surface area (Å²) >= 11 is 5.89. The molecular weight excluding hydrogens is 340 g/mol. The fourth-order valence-electron chi connectivity index (χ4n) is 3.77. The molecule has 7 nitrogen and oxygen atoms in total. The third kappa shape index (κ3) is 3.49. The smallest absolute Gasteiger partial charge is 0.274 e. The number of hydrogen-bond donors (Lipinski definition) is 0. The van der Waals surface area contributed by atoms with Gasteiger partial charge in [-0.3, -0.25) is 9.69 Å². The largest absolute Gasteiger partial charge is 0.335 e. The average Bonchev–Trinajstić information content (AvgIpc) is 3.05. The van der Waals surface area contributed by atoms with E-state index in [1.165, 1.54) is 25.9 Å². The van der Waals surface area contributed by atoms with E-state index < -0.39 is 0 Å². The predicted octanol–water partition coefficient (Wildman–Crippen LogP) is 1.23. The molecule has 8 heteroatoms. The number of piperazine rings is 1. The van der Waals surface area contributed by atoms with Crippen molar-refractivity contribution in [2.45, 2.75) is 18.9 Å². The molecule has 0 N–H and O–H groups in total. The molecule has 0 radical (unpaired) electrons. The Labute approximate surface area is 152 Å². The molecule has 2 saturated heterocycles. The minimum Gasteiger partial charge on any atom is -0.335 e. The summed E-state index contributed by atoms with van der Waals surface area (Å²) in [6.07, 6.45) is 4.11. The van der Waals surface area contributed by atoms with E-state index in [4.69, 9.17) is 11.6 Å². The first-order valence-corrected chi connectivity index (χ1v) is 9.22. The lowest BCUT2D eigenvalue weighted by atomic mass is 10.0. The van der Waals surface area contributed by atoms with Crippen LogP contribution in [0.4, 0.5) is 0 Å². The van der Waals surface area contributed by atoms with Gasteiger partial charge in [0.25, 0.3) is 5.91 Å². The summed E-state index contributed by atoms with van der Waals surface area (Å²) in [5.41, 5.74) is 1.07. The summed E-state index contributed by atoms with van der Waals surface area (Å²) in [5.74, 6) is -0.0235. The summed E-state index contributed by atoms with van der Waals surface area (Å²) in [7, 11) is 2.18. The molecule has 2 aromatic heterocycles. The van der Waals surface area contributed by atoms with Crippen LogP contribution in [0.2, 0.25) is 5.15 Å². The molecule has 1 amide bonds. The van der Waals surface area contributed by atoms with Crippen molar-refractivity contribution in [1.82, 2.24) is 29.3 Å². The molecular formula is C17H23ClN6O. The third-order valence-electron chi connectivity index (χ3n) is 5.31. The van der Waals surface area contributed by atoms with Gasteiger partial charge in [-0.1, -0.05) is 11.6 Å². The van der Waals surface area contributed by atoms with Gasteiger partial charge in [0.1, 0.15) is 10.8 Å². The maximum Gasteiger partial charge on any atom is 0.274 e. The number of imidazole rings is 1. The van der Waals surface area contributed by atoms with Crippen molar-refractivity contribution in [3.63, 3.8) is 0 Å². The molecule has 4 heterocycles. The second-order valence-electron chi connectivity index (χ2n) is 6.95. The SMILES string of the molecule is CN1CCC(N2CCN(C(=O)c3cn4nc(Cl)ccc4n3)CC2)CC1. The molecule has 0 unspecified atom stereocenters. The Morgan fingerprint density at radius 1 is 1.12 bits per heavy atom. The number of aromatic nitrogens is 3. The number of halogens is 1. The van der Waals surface area contributed by atoms with E-state index in [9.17, 15) is 4.79 Å². The molecule has 0 bridgehead atoms. The monoisotopic (exact) mass is 362 g/mol. The first kappa shape index (κ1) is 16.8. The average molecular weight is 363 g/mol. The standard InChI is InChI=1S/C17H23ClN6O/c1-21-6-4-13(5-7-21)22-8-10-23(11-9-22)17(25)14-12-24-16(19-14)3-2-15(18)20-24/h2-3,12-13H,4-11H2,1H3. The van der Waals surface area contributed by atoms with Crippen molar-refractivity contribution in [1.29, 1.82) is 0 Å². The van der Waals surface area contributed by atoms with E-state index in [0.717, 1.165) is 26.2 Å². The summed E-state index contributed by atoms with van der Waals surface area (Å²) < 4.78 is 1.56. The van der Waals surface area contributed by atoms with Gasteiger partial charge in [0.15, 0.2) is 5.65 Å². The summed E-state index contributed by atoms with van der Waals surface area (Å²) in [6.45, 7) is 5.73. The van der Waals surface area contributed by atoms with Crippen molar-refractivity contribution in [3.05, 3.63) is 29.2 Å². The van der Waals surface area contributed by atoms with Crippen LogP contribution in [0.15, 0.2) is 18.3 Å². The highest BCUT2D eigenvalue weighted by Gasteiger charge is 2.29. The zero-order valence-electron chi connectivity index (χ0n) is 14.4. The summed E-state index contributed by atoms with van der Waals surface area (Å²) in [5, 5.41) is 4.52. The van der Waals surface area contributed by atoms with E-state index in [-0.39, 0.29) is 5.91 Å². The Morgan fingerprint density at radius 3 is 2.56 bits per heavy atom. The first-order chi connectivity index (χ1) is 12.1. The van der Waals surface area contributed by atoms with Crippen LogP contribution in [0.5, 0.6) is 0 Å². The highest BCUT2D eigenvalue weighted by Crippen LogP contribution is 2.18. The van der Waals surface area contributed by atoms with Gasteiger partial charge in [-0.15, -0.1) is 0 Å². The number of hydrogen-bond acceptors (Lipinski definition) is 5. The van der Waals surface area contributed by atoms with Crippen molar-refractivity contribution in [3.8, 4) is 0 Å². The fraction of sp³-hybridized carbons (Fsp3) is 0.588. The number of carbonyl (C=O) groups is 1. The Kier molecular flexibility index (Phi) is 4.62. The van der Waals surface area contributed by atoms with Crippen LogP contribution in [0, 0.1) is 0 Å². The predicted molar refractivity (Wildman–Crippen MR) is 96.0 cm³/mol. The van der Waals surface area contributed by atoms with Crippen LogP contribution in [0.3, 0.4) is 0 Å². The van der Waals surface area contributed by atoms with Crippen LogP contribution >= 0.6 is 11.6 Å². The van der Waals surface area contributed by atoms with Crippen LogP contribution in [-0.2, 0) is 0 Å². The molecule has 134 valence electrons. The zero-order chi connectivity index (χ0) is 17.4. The lowest BCUT2D eigenvalue weighted by molar-refractivity contribution is 0.0471. The van der Waals surface area contributed by atoms with Gasteiger partial charge < -0.3 is 9.80 Å². The Morgan fingerprint density at radius 2 is 1.84 bits per heavy atom. The summed E-state index contributed by atoms with van der Waals surface area (Å²) in [6, 6.07) is 4.11. The second kappa shape index (κ2) is 6.90. The van der Waals surface area contributed by atoms with Gasteiger partial charge in [0, 0.05) is 32.2 Å². The molecule has 2 aliphatic rings. The van der Waals surface area contributed by atoms with Gasteiger partial charge in [-0.2, -0.15) is 5.10 Å². The van der Waals surface area contributed by atoms with E-state index in [1.807, 2.05) is 4.90 Å². The quantitative estimate of drug-likeness (QED) is 0.804. The molecule has 0 aliphatic carbocycles. The maximum atomic E-state index is 12.7. The second-order valence-corrected chi connectivity index (χ2v) is 7.33. The van der Waals surface area contributed by atoms with E-state index in [1.54, 1.807) is 22.8 Å². The number of nitrogens with zero attached hydrogens (tertiary/aromatic N) is 6. The minimum absolute atomic E-state index is 0.0235. The highest BCUT2D eigenvalue weighted by molar-refractivity contribution is 6.29. The molecule has 0 aromatic carbocycles. The third-order valence-corrected chi connectivity index (χ3v) is 5.51. The molecule has 0 spiro atoms. The van der Waals surface area contributed by atoms with Crippen LogP contribution in [0.1, 0.15) is 23.3 Å². The Bertz CT molecular complexity index is 762. The van der Waals surface area contributed by atoms with Crippen LogP contribution in [0.25, 0.3) is 5.65 Å². The Balaban J connectivity index is 1.38. The molecule has 25 heavy (non-hydrogen) atoms. The minimum atomic E-state index is -0.0235. The van der Waals surface area contributed by atoms with Gasteiger partial charge in [0.05, 0.1) is 6.20 Å². The number of fused-ring (bicyclic) bond motifs is 1. The van der Waals surface area contributed by atoms with Crippen molar-refractivity contribution in [2.75, 3.05) is 46.3 Å². The first-order valence-electron chi connectivity index (χ1n) is 8.84. The zero-order valence-corrected chi connectivity index (χ0v) is 15.2. The molecule has 0 saturated carbocycles. The van der Waals surface area contributed by atoms with E-state index in [2.05, 4.69) is 26.9 Å². The number of amides is 1. The lowest BCUT2D eigenvalue weighted by Gasteiger charge is -2.42. The van der Waals surface area contributed by atoms with Gasteiger partial charge >= 0.3 is 0 Å². The van der Waals surface area contributed by atoms with Crippen molar-refractivity contribution < 1.29 is 4.79 Å². The number of rotatable bonds is 2. The van der Waals surface area contributed by atoms with Crippen LogP contribution in [-0.4, -0.2) is 87.6 Å². The number of likely N-dealkylation sites (tertiary alicyclic amines) is 1. The summed E-state index contributed by atoms with van der Waals surface area (Å²) in [4.78, 5) is 24.0. The number of carbonyl (C=O) groups excluding carboxylic acids is 1. The number of piperidine rings is 1. The molecule has 4 rings (SSSR count).